The molecule has 2 amide bonds. The number of carboxylic acid groups (broad SMARTS) is 1. The highest BCUT2D eigenvalue weighted by molar-refractivity contribution is 5.97. The summed E-state index contributed by atoms with van der Waals surface area (Å²) >= 11 is 0. The minimum Gasteiger partial charge on any atom is -0.465 e. The fraction of sp³-hybridized carbons (Fsp3) is 0.529. The lowest BCUT2D eigenvalue weighted by molar-refractivity contribution is -0.164. The maximum atomic E-state index is 12.5. The minimum atomic E-state index is -5.01. The Morgan fingerprint density at radius 3 is 1.88 bits per heavy atom. The molecule has 0 aliphatic heterocycles. The molecule has 3 N–H and O–H groups in total. The Bertz CT molecular complexity index is 529. The molecule has 25 heavy (non-hydrogen) atoms. The number of rotatable bonds is 3. The van der Waals surface area contributed by atoms with Gasteiger partial charge in [0.1, 0.15) is 0 Å². The van der Waals surface area contributed by atoms with Crippen molar-refractivity contribution in [3.63, 3.8) is 0 Å². The topological polar surface area (TPSA) is 78.4 Å². The lowest BCUT2D eigenvalue weighted by atomic mass is 10.2. The van der Waals surface area contributed by atoms with Crippen LogP contribution in [0, 0.1) is 12.8 Å². The Balaban J connectivity index is 0. The molecule has 0 aromatic heterocycles. The van der Waals surface area contributed by atoms with Crippen LogP contribution in [0.25, 0.3) is 0 Å². The zero-order valence-corrected chi connectivity index (χ0v) is 15.4. The number of aryl methyl sites for hydroxylation is 1. The first-order valence-electron chi connectivity index (χ1n) is 7.87. The number of nitrogens with one attached hydrogen (secondary N) is 2. The van der Waals surface area contributed by atoms with Gasteiger partial charge in [-0.2, -0.15) is 13.2 Å². The SMILES string of the molecule is CC.CC(C)C.Cc1ccccc1NC(=O)C(NC(=O)O)C(F)(F)F. The number of hydrogen-bond donors (Lipinski definition) is 3. The van der Waals surface area contributed by atoms with Gasteiger partial charge in [-0.25, -0.2) is 4.79 Å². The van der Waals surface area contributed by atoms with E-state index < -0.39 is 24.2 Å². The van der Waals surface area contributed by atoms with Crippen LogP contribution in [0.2, 0.25) is 0 Å². The molecule has 5 nitrogen and oxygen atoms in total. The van der Waals surface area contributed by atoms with Gasteiger partial charge in [0.25, 0.3) is 5.91 Å². The van der Waals surface area contributed by atoms with E-state index in [1.165, 1.54) is 12.1 Å². The molecule has 144 valence electrons. The second-order valence-electron chi connectivity index (χ2n) is 5.46. The van der Waals surface area contributed by atoms with Crippen molar-refractivity contribution in [2.75, 3.05) is 5.32 Å². The first-order valence-corrected chi connectivity index (χ1v) is 7.87. The number of benzene rings is 1. The van der Waals surface area contributed by atoms with E-state index in [2.05, 4.69) is 20.8 Å². The fourth-order valence-corrected chi connectivity index (χ4v) is 1.34. The zero-order chi connectivity index (χ0) is 20.2. The number of halogens is 3. The van der Waals surface area contributed by atoms with Crippen molar-refractivity contribution in [1.82, 2.24) is 5.32 Å². The predicted octanol–water partition coefficient (Wildman–Crippen LogP) is 4.82. The lowest BCUT2D eigenvalue weighted by Crippen LogP contribution is -2.52. The van der Waals surface area contributed by atoms with E-state index in [9.17, 15) is 22.8 Å². The highest BCUT2D eigenvalue weighted by atomic mass is 19.4. The second kappa shape index (κ2) is 12.2. The third kappa shape index (κ3) is 11.9. The van der Waals surface area contributed by atoms with E-state index in [1.54, 1.807) is 19.1 Å². The summed E-state index contributed by atoms with van der Waals surface area (Å²) in [5, 5.41) is 11.5. The van der Waals surface area contributed by atoms with Gasteiger partial charge >= 0.3 is 12.3 Å². The third-order valence-electron chi connectivity index (χ3n) is 2.26. The Morgan fingerprint density at radius 2 is 1.52 bits per heavy atom. The summed E-state index contributed by atoms with van der Waals surface area (Å²) in [6.07, 6.45) is -6.94. The molecule has 1 atom stereocenters. The van der Waals surface area contributed by atoms with Gasteiger partial charge in [-0.15, -0.1) is 0 Å². The Kier molecular flexibility index (Phi) is 12.2. The van der Waals surface area contributed by atoms with E-state index >= 15 is 0 Å². The van der Waals surface area contributed by atoms with E-state index in [1.807, 2.05) is 19.2 Å². The van der Waals surface area contributed by atoms with Gasteiger partial charge in [0.05, 0.1) is 0 Å². The Labute approximate surface area is 146 Å². The van der Waals surface area contributed by atoms with Gasteiger partial charge < -0.3 is 15.7 Å². The van der Waals surface area contributed by atoms with Crippen molar-refractivity contribution in [3.8, 4) is 0 Å². The molecule has 8 heteroatoms. The normalized spacial score (nSPS) is 11.3. The van der Waals surface area contributed by atoms with E-state index in [4.69, 9.17) is 5.11 Å². The van der Waals surface area contributed by atoms with Crippen molar-refractivity contribution >= 4 is 17.7 Å². The average molecular weight is 364 g/mol. The molecular formula is C17H27F3N2O3. The number of para-hydroxylation sites is 1. The average Bonchev–Trinajstić information content (AvgIpc) is 2.47. The van der Waals surface area contributed by atoms with Crippen molar-refractivity contribution in [3.05, 3.63) is 29.8 Å². The van der Waals surface area contributed by atoms with Crippen LogP contribution in [0.15, 0.2) is 24.3 Å². The van der Waals surface area contributed by atoms with Crippen LogP contribution in [0.3, 0.4) is 0 Å². The van der Waals surface area contributed by atoms with Gasteiger partial charge in [0.15, 0.2) is 0 Å². The number of hydrogen-bond acceptors (Lipinski definition) is 2. The quantitative estimate of drug-likeness (QED) is 0.719. The molecule has 0 aliphatic carbocycles. The van der Waals surface area contributed by atoms with Gasteiger partial charge in [0, 0.05) is 5.69 Å². The van der Waals surface area contributed by atoms with Crippen molar-refractivity contribution in [2.24, 2.45) is 5.92 Å². The zero-order valence-electron chi connectivity index (χ0n) is 15.4. The fourth-order valence-electron chi connectivity index (χ4n) is 1.34. The summed E-state index contributed by atoms with van der Waals surface area (Å²) in [5.41, 5.74) is 0.751. The lowest BCUT2D eigenvalue weighted by Gasteiger charge is -2.19. The first kappa shape index (κ1) is 25.0. The number of amides is 2. The number of carbonyl (C=O) groups excluding carboxylic acids is 1. The standard InChI is InChI=1S/C11H11F3N2O3.C4H10.C2H6/c1-6-4-2-3-5-7(6)15-9(17)8(11(12,13)14)16-10(18)19;1-4(2)3;1-2/h2-5,8,16H,1H3,(H,15,17)(H,18,19);4H,1-3H3;1-2H3. The summed E-state index contributed by atoms with van der Waals surface area (Å²) in [5.74, 6) is -0.649. The van der Waals surface area contributed by atoms with Crippen LogP contribution in [-0.4, -0.2) is 29.3 Å². The van der Waals surface area contributed by atoms with Crippen LogP contribution in [0.1, 0.15) is 40.2 Å². The van der Waals surface area contributed by atoms with E-state index in [0.717, 1.165) is 11.2 Å². The van der Waals surface area contributed by atoms with Crippen molar-refractivity contribution in [2.45, 2.75) is 53.8 Å². The predicted molar refractivity (Wildman–Crippen MR) is 92.7 cm³/mol. The smallest absolute Gasteiger partial charge is 0.417 e. The molecule has 0 aliphatic rings. The largest absolute Gasteiger partial charge is 0.465 e. The number of anilines is 1. The summed E-state index contributed by atoms with van der Waals surface area (Å²) in [6, 6.07) is 3.39. The first-order chi connectivity index (χ1) is 11.4. The molecule has 0 saturated heterocycles. The molecule has 1 aromatic carbocycles. The Morgan fingerprint density at radius 1 is 1.08 bits per heavy atom. The Hall–Kier alpha value is -2.25. The van der Waals surface area contributed by atoms with Gasteiger partial charge in [-0.3, -0.25) is 4.79 Å². The van der Waals surface area contributed by atoms with Gasteiger partial charge in [0.2, 0.25) is 6.04 Å². The maximum Gasteiger partial charge on any atom is 0.417 e. The second-order valence-corrected chi connectivity index (χ2v) is 5.46. The van der Waals surface area contributed by atoms with Crippen LogP contribution >= 0.6 is 0 Å². The molecule has 0 fully saturated rings. The summed E-state index contributed by atoms with van der Waals surface area (Å²) in [7, 11) is 0. The van der Waals surface area contributed by atoms with Crippen LogP contribution in [0.4, 0.5) is 23.7 Å². The highest BCUT2D eigenvalue weighted by Gasteiger charge is 2.46. The summed E-state index contributed by atoms with van der Waals surface area (Å²) < 4.78 is 37.6. The van der Waals surface area contributed by atoms with Gasteiger partial charge in [-0.05, 0) is 24.5 Å². The van der Waals surface area contributed by atoms with Crippen LogP contribution < -0.4 is 10.6 Å². The molecule has 0 saturated carbocycles. The summed E-state index contributed by atoms with van der Waals surface area (Å²) in [6.45, 7) is 12.1. The molecular weight excluding hydrogens is 337 g/mol. The monoisotopic (exact) mass is 364 g/mol. The molecule has 0 spiro atoms. The number of alkyl halides is 3. The molecule has 0 heterocycles. The number of carbonyl (C=O) groups is 2. The third-order valence-corrected chi connectivity index (χ3v) is 2.26. The van der Waals surface area contributed by atoms with Crippen LogP contribution in [-0.2, 0) is 4.79 Å². The van der Waals surface area contributed by atoms with E-state index in [0.29, 0.717) is 5.56 Å². The van der Waals surface area contributed by atoms with E-state index in [-0.39, 0.29) is 5.69 Å². The summed E-state index contributed by atoms with van der Waals surface area (Å²) in [4.78, 5) is 21.8. The molecule has 1 aromatic rings. The molecule has 0 bridgehead atoms. The van der Waals surface area contributed by atoms with Crippen LogP contribution in [0.5, 0.6) is 0 Å². The van der Waals surface area contributed by atoms with Crippen molar-refractivity contribution < 1.29 is 27.9 Å². The van der Waals surface area contributed by atoms with Crippen molar-refractivity contribution in [1.29, 1.82) is 0 Å². The minimum absolute atomic E-state index is 0.189. The molecule has 1 rings (SSSR count). The van der Waals surface area contributed by atoms with Gasteiger partial charge in [-0.1, -0.05) is 52.8 Å². The molecule has 1 unspecified atom stereocenters. The highest BCUT2D eigenvalue weighted by Crippen LogP contribution is 2.22. The molecule has 0 radical (unpaired) electrons. The maximum absolute atomic E-state index is 12.5.